The van der Waals surface area contributed by atoms with Crippen molar-refractivity contribution < 1.29 is 14.3 Å². The van der Waals surface area contributed by atoms with E-state index in [4.69, 9.17) is 9.47 Å². The highest BCUT2D eigenvalue weighted by Gasteiger charge is 2.15. The molecule has 4 nitrogen and oxygen atoms in total. The summed E-state index contributed by atoms with van der Waals surface area (Å²) in [4.78, 5) is 11.5. The van der Waals surface area contributed by atoms with E-state index in [2.05, 4.69) is 21.2 Å². The second kappa shape index (κ2) is 5.02. The molecule has 0 saturated carbocycles. The van der Waals surface area contributed by atoms with E-state index in [0.717, 1.165) is 0 Å². The van der Waals surface area contributed by atoms with E-state index in [1.807, 2.05) is 0 Å². The summed E-state index contributed by atoms with van der Waals surface area (Å²) in [6.45, 7) is 0. The van der Waals surface area contributed by atoms with Crippen molar-refractivity contribution >= 4 is 21.8 Å². The summed E-state index contributed by atoms with van der Waals surface area (Å²) in [5.41, 5.74) is 0.436. The number of nitrogens with one attached hydrogen (secondary N) is 1. The van der Waals surface area contributed by atoms with Crippen LogP contribution in [0.5, 0.6) is 11.5 Å². The van der Waals surface area contributed by atoms with Gasteiger partial charge in [0.15, 0.2) is 0 Å². The molecule has 1 N–H and O–H groups in total. The van der Waals surface area contributed by atoms with Crippen LogP contribution in [0, 0.1) is 0 Å². The molecule has 1 aromatic rings. The van der Waals surface area contributed by atoms with Crippen molar-refractivity contribution in [1.82, 2.24) is 5.32 Å². The first-order chi connectivity index (χ1) is 7.13. The molecule has 0 unspecified atom stereocenters. The second-order valence-electron chi connectivity index (χ2n) is 2.77. The third kappa shape index (κ3) is 2.41. The van der Waals surface area contributed by atoms with Crippen LogP contribution in [0.4, 0.5) is 0 Å². The number of hydrogen-bond donors (Lipinski definition) is 1. The maximum Gasteiger partial charge on any atom is 0.254 e. The number of benzene rings is 1. The van der Waals surface area contributed by atoms with E-state index in [0.29, 0.717) is 21.5 Å². The molecule has 0 spiro atoms. The fourth-order valence-corrected chi connectivity index (χ4v) is 1.80. The molecule has 0 bridgehead atoms. The molecule has 82 valence electrons. The molecule has 15 heavy (non-hydrogen) atoms. The van der Waals surface area contributed by atoms with Crippen LogP contribution in [-0.4, -0.2) is 27.2 Å². The lowest BCUT2D eigenvalue weighted by atomic mass is 10.1. The highest BCUT2D eigenvalue weighted by atomic mass is 79.9. The van der Waals surface area contributed by atoms with Crippen LogP contribution < -0.4 is 14.8 Å². The largest absolute Gasteiger partial charge is 0.497 e. The lowest BCUT2D eigenvalue weighted by Gasteiger charge is -2.11. The van der Waals surface area contributed by atoms with Gasteiger partial charge in [0, 0.05) is 7.05 Å². The first-order valence-corrected chi connectivity index (χ1v) is 5.07. The molecule has 1 rings (SSSR count). The van der Waals surface area contributed by atoms with Gasteiger partial charge < -0.3 is 14.8 Å². The Hall–Kier alpha value is -1.23. The average Bonchev–Trinajstić information content (AvgIpc) is 2.26. The molecular weight excluding hydrogens is 262 g/mol. The lowest BCUT2D eigenvalue weighted by Crippen LogP contribution is -2.18. The summed E-state index contributed by atoms with van der Waals surface area (Å²) < 4.78 is 10.9. The molecule has 0 aliphatic carbocycles. The van der Waals surface area contributed by atoms with Gasteiger partial charge in [-0.15, -0.1) is 0 Å². The van der Waals surface area contributed by atoms with Crippen LogP contribution in [0.2, 0.25) is 0 Å². The first-order valence-electron chi connectivity index (χ1n) is 4.27. The van der Waals surface area contributed by atoms with Gasteiger partial charge in [-0.3, -0.25) is 4.79 Å². The van der Waals surface area contributed by atoms with E-state index in [1.165, 1.54) is 7.11 Å². The molecule has 1 aromatic carbocycles. The predicted molar refractivity (Wildman–Crippen MR) is 60.6 cm³/mol. The summed E-state index contributed by atoms with van der Waals surface area (Å²) in [6, 6.07) is 3.37. The summed E-state index contributed by atoms with van der Waals surface area (Å²) in [6.07, 6.45) is 0. The quantitative estimate of drug-likeness (QED) is 0.914. The Bertz CT molecular complexity index is 379. The number of methoxy groups -OCH3 is 2. The highest BCUT2D eigenvalue weighted by molar-refractivity contribution is 9.10. The van der Waals surface area contributed by atoms with Gasteiger partial charge in [0.2, 0.25) is 0 Å². The standard InChI is InChI=1S/C10H12BrNO3/c1-12-10(13)7-4-6(14-2)5-8(11)9(7)15-3/h4-5H,1-3H3,(H,12,13). The normalized spacial score (nSPS) is 9.60. The maximum absolute atomic E-state index is 11.5. The minimum absolute atomic E-state index is 0.216. The van der Waals surface area contributed by atoms with Crippen molar-refractivity contribution in [3.05, 3.63) is 22.2 Å². The Morgan fingerprint density at radius 3 is 2.47 bits per heavy atom. The van der Waals surface area contributed by atoms with E-state index < -0.39 is 0 Å². The number of hydrogen-bond acceptors (Lipinski definition) is 3. The SMILES string of the molecule is CNC(=O)c1cc(OC)cc(Br)c1OC. The minimum Gasteiger partial charge on any atom is -0.497 e. The van der Waals surface area contributed by atoms with Gasteiger partial charge in [-0.05, 0) is 28.1 Å². The Morgan fingerprint density at radius 2 is 2.00 bits per heavy atom. The van der Waals surface area contributed by atoms with Crippen molar-refractivity contribution in [3.63, 3.8) is 0 Å². The van der Waals surface area contributed by atoms with Crippen LogP contribution in [-0.2, 0) is 0 Å². The molecule has 5 heteroatoms. The van der Waals surface area contributed by atoms with Gasteiger partial charge in [0.1, 0.15) is 11.5 Å². The molecular formula is C10H12BrNO3. The molecule has 0 saturated heterocycles. The fraction of sp³-hybridized carbons (Fsp3) is 0.300. The van der Waals surface area contributed by atoms with Gasteiger partial charge in [0.05, 0.1) is 24.3 Å². The highest BCUT2D eigenvalue weighted by Crippen LogP contribution is 2.33. The number of ether oxygens (including phenoxy) is 2. The number of rotatable bonds is 3. The molecule has 0 atom stereocenters. The van der Waals surface area contributed by atoms with Crippen molar-refractivity contribution in [3.8, 4) is 11.5 Å². The Morgan fingerprint density at radius 1 is 1.33 bits per heavy atom. The molecule has 0 aromatic heterocycles. The van der Waals surface area contributed by atoms with E-state index in [9.17, 15) is 4.79 Å². The third-order valence-corrected chi connectivity index (χ3v) is 2.52. The van der Waals surface area contributed by atoms with E-state index in [-0.39, 0.29) is 5.91 Å². The van der Waals surface area contributed by atoms with Gasteiger partial charge in [-0.1, -0.05) is 0 Å². The van der Waals surface area contributed by atoms with Crippen molar-refractivity contribution in [2.75, 3.05) is 21.3 Å². The van der Waals surface area contributed by atoms with Crippen LogP contribution >= 0.6 is 15.9 Å². The molecule has 0 aliphatic heterocycles. The van der Waals surface area contributed by atoms with Gasteiger partial charge >= 0.3 is 0 Å². The van der Waals surface area contributed by atoms with Crippen molar-refractivity contribution in [2.24, 2.45) is 0 Å². The van der Waals surface area contributed by atoms with Gasteiger partial charge in [-0.2, -0.15) is 0 Å². The van der Waals surface area contributed by atoms with Gasteiger partial charge in [0.25, 0.3) is 5.91 Å². The molecule has 0 aliphatic rings. The number of amides is 1. The van der Waals surface area contributed by atoms with Crippen LogP contribution in [0.1, 0.15) is 10.4 Å². The number of carbonyl (C=O) groups is 1. The summed E-state index contributed by atoms with van der Waals surface area (Å²) in [7, 11) is 4.62. The topological polar surface area (TPSA) is 47.6 Å². The van der Waals surface area contributed by atoms with E-state index >= 15 is 0 Å². The lowest BCUT2D eigenvalue weighted by molar-refractivity contribution is 0.0959. The Labute approximate surface area is 96.7 Å². The summed E-state index contributed by atoms with van der Waals surface area (Å²) in [5, 5.41) is 2.54. The smallest absolute Gasteiger partial charge is 0.254 e. The monoisotopic (exact) mass is 273 g/mol. The minimum atomic E-state index is -0.216. The third-order valence-electron chi connectivity index (χ3n) is 1.93. The average molecular weight is 274 g/mol. The zero-order chi connectivity index (χ0) is 11.4. The second-order valence-corrected chi connectivity index (χ2v) is 3.62. The molecule has 0 radical (unpaired) electrons. The number of halogens is 1. The zero-order valence-corrected chi connectivity index (χ0v) is 10.3. The van der Waals surface area contributed by atoms with Crippen LogP contribution in [0.15, 0.2) is 16.6 Å². The first kappa shape index (κ1) is 11.8. The fourth-order valence-electron chi connectivity index (χ4n) is 1.20. The van der Waals surface area contributed by atoms with Crippen LogP contribution in [0.3, 0.4) is 0 Å². The van der Waals surface area contributed by atoms with Crippen LogP contribution in [0.25, 0.3) is 0 Å². The summed E-state index contributed by atoms with van der Waals surface area (Å²) >= 11 is 3.31. The predicted octanol–water partition coefficient (Wildman–Crippen LogP) is 1.83. The Balaban J connectivity index is 3.32. The maximum atomic E-state index is 11.5. The molecule has 0 heterocycles. The van der Waals surface area contributed by atoms with Crippen molar-refractivity contribution in [1.29, 1.82) is 0 Å². The van der Waals surface area contributed by atoms with Crippen molar-refractivity contribution in [2.45, 2.75) is 0 Å². The summed E-state index contributed by atoms with van der Waals surface area (Å²) in [5.74, 6) is 0.878. The molecule has 1 amide bonds. The van der Waals surface area contributed by atoms with Gasteiger partial charge in [-0.25, -0.2) is 0 Å². The Kier molecular flexibility index (Phi) is 3.96. The molecule has 0 fully saturated rings. The van der Waals surface area contributed by atoms with E-state index in [1.54, 1.807) is 26.3 Å². The zero-order valence-electron chi connectivity index (χ0n) is 8.76. The number of carbonyl (C=O) groups excluding carboxylic acids is 1.